The summed E-state index contributed by atoms with van der Waals surface area (Å²) in [5.74, 6) is -0.224. The highest BCUT2D eigenvalue weighted by atomic mass is 19.4. The van der Waals surface area contributed by atoms with Crippen LogP contribution in [0.5, 0.6) is 5.75 Å². The summed E-state index contributed by atoms with van der Waals surface area (Å²) in [4.78, 5) is 4.14. The summed E-state index contributed by atoms with van der Waals surface area (Å²) in [6.45, 7) is 2.08. The summed E-state index contributed by atoms with van der Waals surface area (Å²) in [6, 6.07) is 5.82. The predicted octanol–water partition coefficient (Wildman–Crippen LogP) is 2.08. The van der Waals surface area contributed by atoms with Gasteiger partial charge in [0.05, 0.1) is 0 Å². The van der Waals surface area contributed by atoms with Gasteiger partial charge in [-0.2, -0.15) is 0 Å². The first-order valence-electron chi connectivity index (χ1n) is 6.63. The molecule has 0 spiro atoms. The fraction of sp³-hybridized carbons (Fsp3) is 0.571. The topological polar surface area (TPSA) is 41.7 Å². The second kappa shape index (κ2) is 7.63. The molecule has 0 heterocycles. The molecule has 0 bridgehead atoms. The van der Waals surface area contributed by atoms with Crippen LogP contribution in [-0.4, -0.2) is 56.9 Å². The number of rotatable bonds is 7. The summed E-state index contributed by atoms with van der Waals surface area (Å²) >= 11 is 0. The highest BCUT2D eigenvalue weighted by Gasteiger charge is 2.31. The molecule has 0 saturated carbocycles. The van der Waals surface area contributed by atoms with E-state index in [1.807, 2.05) is 21.1 Å². The number of alkyl halides is 3. The fourth-order valence-electron chi connectivity index (χ4n) is 1.98. The second-order valence-electron chi connectivity index (χ2n) is 5.15. The minimum atomic E-state index is -4.67. The van der Waals surface area contributed by atoms with Crippen LogP contribution in [0.1, 0.15) is 11.6 Å². The van der Waals surface area contributed by atoms with Crippen LogP contribution >= 0.6 is 0 Å². The average molecular weight is 305 g/mol. The van der Waals surface area contributed by atoms with Gasteiger partial charge in [0.25, 0.3) is 0 Å². The van der Waals surface area contributed by atoms with E-state index >= 15 is 0 Å². The fourth-order valence-corrected chi connectivity index (χ4v) is 1.98. The number of likely N-dealkylation sites (N-methyl/N-ethyl adjacent to an activating group) is 2. The molecule has 0 saturated heterocycles. The Morgan fingerprint density at radius 2 is 1.67 bits per heavy atom. The molecule has 1 unspecified atom stereocenters. The molecule has 1 aromatic rings. The maximum Gasteiger partial charge on any atom is 0.573 e. The Kier molecular flexibility index (Phi) is 6.44. The molecular formula is C14H22F3N3O. The van der Waals surface area contributed by atoms with Crippen molar-refractivity contribution >= 4 is 0 Å². The summed E-state index contributed by atoms with van der Waals surface area (Å²) in [7, 11) is 5.91. The average Bonchev–Trinajstić information content (AvgIpc) is 2.37. The first kappa shape index (κ1) is 17.7. The van der Waals surface area contributed by atoms with Crippen LogP contribution in [0.3, 0.4) is 0 Å². The number of nitrogens with two attached hydrogens (primary N) is 1. The van der Waals surface area contributed by atoms with Gasteiger partial charge in [0.2, 0.25) is 0 Å². The summed E-state index contributed by atoms with van der Waals surface area (Å²) in [6.07, 6.45) is -4.67. The Balaban J connectivity index is 2.73. The van der Waals surface area contributed by atoms with Gasteiger partial charge in [0.15, 0.2) is 0 Å². The van der Waals surface area contributed by atoms with Gasteiger partial charge < -0.3 is 15.4 Å². The van der Waals surface area contributed by atoms with Gasteiger partial charge in [-0.25, -0.2) is 0 Å². The molecule has 7 heteroatoms. The largest absolute Gasteiger partial charge is 0.573 e. The molecule has 1 atom stereocenters. The lowest BCUT2D eigenvalue weighted by molar-refractivity contribution is -0.274. The lowest BCUT2D eigenvalue weighted by Crippen LogP contribution is -2.35. The first-order valence-corrected chi connectivity index (χ1v) is 6.63. The molecule has 0 fully saturated rings. The van der Waals surface area contributed by atoms with E-state index in [1.54, 1.807) is 12.1 Å². The number of hydrogen-bond acceptors (Lipinski definition) is 4. The van der Waals surface area contributed by atoms with Gasteiger partial charge in [-0.3, -0.25) is 4.90 Å². The zero-order valence-corrected chi connectivity index (χ0v) is 12.5. The Morgan fingerprint density at radius 1 is 1.10 bits per heavy atom. The minimum absolute atomic E-state index is 0.0371. The van der Waals surface area contributed by atoms with Crippen molar-refractivity contribution in [2.45, 2.75) is 12.4 Å². The van der Waals surface area contributed by atoms with E-state index in [0.717, 1.165) is 18.7 Å². The van der Waals surface area contributed by atoms with Gasteiger partial charge in [-0.05, 0) is 38.8 Å². The lowest BCUT2D eigenvalue weighted by atomic mass is 10.1. The van der Waals surface area contributed by atoms with E-state index in [1.165, 1.54) is 12.1 Å². The van der Waals surface area contributed by atoms with Gasteiger partial charge >= 0.3 is 6.36 Å². The van der Waals surface area contributed by atoms with E-state index in [9.17, 15) is 13.2 Å². The molecule has 2 N–H and O–H groups in total. The number of hydrogen-bond donors (Lipinski definition) is 1. The van der Waals surface area contributed by atoms with E-state index in [-0.39, 0.29) is 11.8 Å². The number of nitrogens with zero attached hydrogens (tertiary/aromatic N) is 2. The van der Waals surface area contributed by atoms with Gasteiger partial charge in [-0.15, -0.1) is 13.2 Å². The maximum absolute atomic E-state index is 12.1. The smallest absolute Gasteiger partial charge is 0.406 e. The van der Waals surface area contributed by atoms with Crippen LogP contribution in [0.15, 0.2) is 24.3 Å². The maximum atomic E-state index is 12.1. The minimum Gasteiger partial charge on any atom is -0.406 e. The Labute approximate surface area is 123 Å². The van der Waals surface area contributed by atoms with E-state index in [4.69, 9.17) is 5.73 Å². The van der Waals surface area contributed by atoms with Crippen molar-refractivity contribution in [2.24, 2.45) is 5.73 Å². The van der Waals surface area contributed by atoms with E-state index in [0.29, 0.717) is 6.54 Å². The molecular weight excluding hydrogens is 283 g/mol. The zero-order chi connectivity index (χ0) is 16.0. The van der Waals surface area contributed by atoms with Gasteiger partial charge in [0.1, 0.15) is 5.75 Å². The Morgan fingerprint density at radius 3 is 2.10 bits per heavy atom. The first-order chi connectivity index (χ1) is 9.73. The number of halogens is 3. The molecule has 0 aliphatic rings. The van der Waals surface area contributed by atoms with Crippen LogP contribution in [0.2, 0.25) is 0 Å². The van der Waals surface area contributed by atoms with Crippen molar-refractivity contribution < 1.29 is 17.9 Å². The zero-order valence-electron chi connectivity index (χ0n) is 12.5. The van der Waals surface area contributed by atoms with Crippen molar-refractivity contribution in [1.29, 1.82) is 0 Å². The van der Waals surface area contributed by atoms with Crippen LogP contribution in [0.4, 0.5) is 13.2 Å². The molecule has 1 aromatic carbocycles. The highest BCUT2D eigenvalue weighted by Crippen LogP contribution is 2.25. The van der Waals surface area contributed by atoms with Gasteiger partial charge in [-0.1, -0.05) is 12.1 Å². The van der Waals surface area contributed by atoms with Gasteiger partial charge in [0, 0.05) is 25.7 Å². The molecule has 0 radical (unpaired) electrons. The third kappa shape index (κ3) is 6.33. The van der Waals surface area contributed by atoms with Crippen LogP contribution in [0.25, 0.3) is 0 Å². The molecule has 0 aromatic heterocycles. The molecule has 0 amide bonds. The van der Waals surface area contributed by atoms with Crippen LogP contribution in [-0.2, 0) is 0 Å². The van der Waals surface area contributed by atoms with Crippen molar-refractivity contribution in [1.82, 2.24) is 9.80 Å². The third-order valence-corrected chi connectivity index (χ3v) is 3.15. The van der Waals surface area contributed by atoms with E-state index < -0.39 is 6.36 Å². The molecule has 21 heavy (non-hydrogen) atoms. The predicted molar refractivity (Wildman–Crippen MR) is 76.1 cm³/mol. The molecule has 0 aliphatic carbocycles. The number of ether oxygens (including phenoxy) is 1. The summed E-state index contributed by atoms with van der Waals surface area (Å²) in [5, 5.41) is 0. The Bertz CT molecular complexity index is 420. The molecule has 1 rings (SSSR count). The van der Waals surface area contributed by atoms with E-state index in [2.05, 4.69) is 14.5 Å². The van der Waals surface area contributed by atoms with Crippen LogP contribution in [0, 0.1) is 0 Å². The van der Waals surface area contributed by atoms with Crippen molar-refractivity contribution in [2.75, 3.05) is 40.8 Å². The molecule has 0 aliphatic heterocycles. The monoisotopic (exact) mass is 305 g/mol. The lowest BCUT2D eigenvalue weighted by Gasteiger charge is -2.28. The number of benzene rings is 1. The molecule has 120 valence electrons. The Hall–Kier alpha value is -1.31. The second-order valence-corrected chi connectivity index (χ2v) is 5.15. The SMILES string of the molecule is CN(C)CCN(C)C(CN)c1ccc(OC(F)(F)F)cc1. The van der Waals surface area contributed by atoms with Crippen molar-refractivity contribution in [3.63, 3.8) is 0 Å². The van der Waals surface area contributed by atoms with Crippen molar-refractivity contribution in [3.8, 4) is 5.75 Å². The quantitative estimate of drug-likeness (QED) is 0.837. The highest BCUT2D eigenvalue weighted by molar-refractivity contribution is 5.29. The molecule has 4 nitrogen and oxygen atoms in total. The summed E-state index contributed by atoms with van der Waals surface area (Å²) in [5.41, 5.74) is 6.65. The third-order valence-electron chi connectivity index (χ3n) is 3.15. The van der Waals surface area contributed by atoms with Crippen LogP contribution < -0.4 is 10.5 Å². The summed E-state index contributed by atoms with van der Waals surface area (Å²) < 4.78 is 40.2. The normalized spacial score (nSPS) is 13.8. The van der Waals surface area contributed by atoms with Crippen molar-refractivity contribution in [3.05, 3.63) is 29.8 Å². The standard InChI is InChI=1S/C14H22F3N3O/c1-19(2)8-9-20(3)13(10-18)11-4-6-12(7-5-11)21-14(15,16)17/h4-7,13H,8-10,18H2,1-3H3.